The molecule has 2 aromatic heterocycles. The highest BCUT2D eigenvalue weighted by Crippen LogP contribution is 2.35. The second-order valence-electron chi connectivity index (χ2n) is 8.80. The first-order valence-electron chi connectivity index (χ1n) is 11.6. The minimum atomic E-state index is -2.74. The molecule has 0 radical (unpaired) electrons. The Morgan fingerprint density at radius 1 is 1.00 bits per heavy atom. The highest BCUT2D eigenvalue weighted by atomic mass is 35.5. The van der Waals surface area contributed by atoms with Gasteiger partial charge in [-0.3, -0.25) is 19.4 Å². The highest BCUT2D eigenvalue weighted by molar-refractivity contribution is 6.30. The molecule has 17 heteroatoms. The summed E-state index contributed by atoms with van der Waals surface area (Å²) in [6, 6.07) is 3.20. The summed E-state index contributed by atoms with van der Waals surface area (Å²) >= 11 is 5.89. The molecule has 0 bridgehead atoms. The quantitative estimate of drug-likeness (QED) is 0.346. The zero-order valence-electron chi connectivity index (χ0n) is 21.0. The topological polar surface area (TPSA) is 224 Å². The predicted molar refractivity (Wildman–Crippen MR) is 133 cm³/mol. The zero-order valence-corrected chi connectivity index (χ0v) is 21.8. The van der Waals surface area contributed by atoms with E-state index in [-0.39, 0.29) is 5.69 Å². The first-order chi connectivity index (χ1) is 18.8. The Hall–Kier alpha value is -4.41. The van der Waals surface area contributed by atoms with Crippen LogP contribution in [0.4, 0.5) is 10.6 Å². The number of hydrogen-bond donors (Lipinski definition) is 4. The molecular formula is C23H25ClN6O10. The maximum Gasteiger partial charge on any atom is 0.412 e. The van der Waals surface area contributed by atoms with Crippen molar-refractivity contribution in [3.05, 3.63) is 47.1 Å². The van der Waals surface area contributed by atoms with Gasteiger partial charge >= 0.3 is 24.0 Å². The van der Waals surface area contributed by atoms with Gasteiger partial charge in [0.15, 0.2) is 11.3 Å². The van der Waals surface area contributed by atoms with Crippen LogP contribution in [0.25, 0.3) is 0 Å². The van der Waals surface area contributed by atoms with Gasteiger partial charge in [-0.1, -0.05) is 11.6 Å². The van der Waals surface area contributed by atoms with Crippen LogP contribution >= 0.6 is 11.6 Å². The van der Waals surface area contributed by atoms with Crippen molar-refractivity contribution in [3.63, 3.8) is 0 Å². The molecule has 1 atom stereocenters. The molecule has 4 rings (SSSR count). The van der Waals surface area contributed by atoms with Crippen LogP contribution in [0.5, 0.6) is 0 Å². The van der Waals surface area contributed by atoms with Gasteiger partial charge in [-0.05, 0) is 19.2 Å². The second kappa shape index (κ2) is 12.6. The zero-order chi connectivity index (χ0) is 29.6. The van der Waals surface area contributed by atoms with Crippen molar-refractivity contribution < 1.29 is 49.1 Å². The highest BCUT2D eigenvalue weighted by Gasteiger charge is 2.44. The number of carboxylic acid groups (broad SMARTS) is 3. The largest absolute Gasteiger partial charge is 0.481 e. The molecule has 16 nitrogen and oxygen atoms in total. The summed E-state index contributed by atoms with van der Waals surface area (Å²) in [6.45, 7) is 2.64. The van der Waals surface area contributed by atoms with Crippen LogP contribution in [0.2, 0.25) is 5.02 Å². The number of nitrogens with zero attached hydrogens (tertiary/aromatic N) is 6. The number of piperazine rings is 1. The lowest BCUT2D eigenvalue weighted by molar-refractivity contribution is -0.170. The third kappa shape index (κ3) is 7.16. The second-order valence-corrected chi connectivity index (χ2v) is 9.24. The van der Waals surface area contributed by atoms with E-state index in [9.17, 15) is 24.0 Å². The third-order valence-electron chi connectivity index (χ3n) is 5.83. The molecular weight excluding hydrogens is 556 g/mol. The summed E-state index contributed by atoms with van der Waals surface area (Å²) in [6.07, 6.45) is 0.494. The number of amides is 2. The van der Waals surface area contributed by atoms with Gasteiger partial charge in [0.2, 0.25) is 6.23 Å². The van der Waals surface area contributed by atoms with E-state index >= 15 is 0 Å². The van der Waals surface area contributed by atoms with Crippen molar-refractivity contribution in [3.8, 4) is 0 Å². The summed E-state index contributed by atoms with van der Waals surface area (Å²) < 4.78 is 5.68. The smallest absolute Gasteiger partial charge is 0.412 e. The monoisotopic (exact) mass is 580 g/mol. The number of aromatic nitrogens is 3. The average molecular weight is 581 g/mol. The fraction of sp³-hybridized carbons (Fsp3) is 0.391. The van der Waals surface area contributed by atoms with Crippen LogP contribution in [-0.4, -0.2) is 114 Å². The van der Waals surface area contributed by atoms with E-state index in [1.807, 2.05) is 7.05 Å². The van der Waals surface area contributed by atoms with E-state index in [2.05, 4.69) is 19.9 Å². The van der Waals surface area contributed by atoms with Crippen molar-refractivity contribution in [2.75, 3.05) is 38.1 Å². The summed E-state index contributed by atoms with van der Waals surface area (Å²) in [7, 11) is 2.00. The molecule has 4 heterocycles. The standard InChI is InChI=1S/C17H17ClN6O3.C6H8O7/c1-22-6-8-23(9-7-22)17(26)27-16-14-13(19-4-5-20-14)15(25)24(16)12-3-2-11(18)10-21-12;7-3(8)1-6(13,5(11)12)2-4(9)10/h2-5,10,16H,6-9H2,1H3;13H,1-2H2,(H,7,8)(H,9,10)(H,11,12)/t16-;/m0./s1. The third-order valence-corrected chi connectivity index (χ3v) is 6.06. The number of aliphatic hydroxyl groups is 1. The van der Waals surface area contributed by atoms with Gasteiger partial charge in [0.1, 0.15) is 11.5 Å². The number of hydrogen-bond acceptors (Lipinski definition) is 11. The SMILES string of the molecule is CN1CCN(C(=O)O[C@H]2c3nccnc3C(=O)N2c2ccc(Cl)cn2)CC1.O=C(O)CC(O)(CC(=O)O)C(=O)O. The van der Waals surface area contributed by atoms with Gasteiger partial charge in [-0.2, -0.15) is 0 Å². The van der Waals surface area contributed by atoms with Crippen LogP contribution in [0.1, 0.15) is 35.3 Å². The van der Waals surface area contributed by atoms with Crippen LogP contribution in [0.15, 0.2) is 30.7 Å². The van der Waals surface area contributed by atoms with Crippen molar-refractivity contribution >= 4 is 47.3 Å². The van der Waals surface area contributed by atoms with Gasteiger partial charge < -0.3 is 35.0 Å². The Morgan fingerprint density at radius 2 is 1.60 bits per heavy atom. The number of likely N-dealkylation sites (N-methyl/N-ethyl adjacent to an activating group) is 1. The Balaban J connectivity index is 0.000000289. The number of halogens is 1. The first-order valence-corrected chi connectivity index (χ1v) is 12.0. The normalized spacial score (nSPS) is 17.0. The molecule has 40 heavy (non-hydrogen) atoms. The average Bonchev–Trinajstić information content (AvgIpc) is 3.15. The minimum absolute atomic E-state index is 0.144. The van der Waals surface area contributed by atoms with E-state index in [0.717, 1.165) is 13.1 Å². The fourth-order valence-corrected chi connectivity index (χ4v) is 3.87. The fourth-order valence-electron chi connectivity index (χ4n) is 3.75. The molecule has 2 amide bonds. The van der Waals surface area contributed by atoms with Gasteiger partial charge in [0.05, 0.1) is 17.9 Å². The molecule has 1 saturated heterocycles. The minimum Gasteiger partial charge on any atom is -0.481 e. The molecule has 0 aliphatic carbocycles. The van der Waals surface area contributed by atoms with Gasteiger partial charge in [-0.25, -0.2) is 24.5 Å². The van der Waals surface area contributed by atoms with E-state index in [0.29, 0.717) is 29.6 Å². The Kier molecular flexibility index (Phi) is 9.51. The van der Waals surface area contributed by atoms with Crippen molar-refractivity contribution in [1.82, 2.24) is 24.8 Å². The Morgan fingerprint density at radius 3 is 2.12 bits per heavy atom. The number of anilines is 1. The van der Waals surface area contributed by atoms with Gasteiger partial charge in [0, 0.05) is 44.8 Å². The summed E-state index contributed by atoms with van der Waals surface area (Å²) in [4.78, 5) is 73.5. The molecule has 214 valence electrons. The molecule has 2 aliphatic heterocycles. The Labute approximate surface area is 231 Å². The summed E-state index contributed by atoms with van der Waals surface area (Å²) in [5.74, 6) is -5.14. The number of carbonyl (C=O) groups excluding carboxylic acids is 2. The van der Waals surface area contributed by atoms with E-state index in [4.69, 9.17) is 36.8 Å². The first kappa shape index (κ1) is 30.1. The number of carbonyl (C=O) groups is 5. The maximum absolute atomic E-state index is 12.8. The lowest BCUT2D eigenvalue weighted by atomic mass is 9.96. The summed E-state index contributed by atoms with van der Waals surface area (Å²) in [5.41, 5.74) is -2.30. The maximum atomic E-state index is 12.8. The lowest BCUT2D eigenvalue weighted by Gasteiger charge is -2.33. The number of ether oxygens (including phenoxy) is 1. The summed E-state index contributed by atoms with van der Waals surface area (Å²) in [5, 5.41) is 34.2. The van der Waals surface area contributed by atoms with Crippen molar-refractivity contribution in [1.29, 1.82) is 0 Å². The molecule has 0 unspecified atom stereocenters. The molecule has 0 spiro atoms. The van der Waals surface area contributed by atoms with Crippen LogP contribution < -0.4 is 4.90 Å². The van der Waals surface area contributed by atoms with Gasteiger partial charge in [-0.15, -0.1) is 0 Å². The van der Waals surface area contributed by atoms with E-state index in [1.54, 1.807) is 17.0 Å². The number of carboxylic acids is 3. The van der Waals surface area contributed by atoms with Crippen molar-refractivity contribution in [2.45, 2.75) is 24.7 Å². The van der Waals surface area contributed by atoms with Gasteiger partial charge in [0.25, 0.3) is 5.91 Å². The van der Waals surface area contributed by atoms with Crippen LogP contribution in [0.3, 0.4) is 0 Å². The predicted octanol–water partition coefficient (Wildman–Crippen LogP) is 0.320. The number of rotatable bonds is 7. The molecule has 2 aromatic rings. The lowest BCUT2D eigenvalue weighted by Crippen LogP contribution is -2.48. The number of fused-ring (bicyclic) bond motifs is 1. The molecule has 2 aliphatic rings. The molecule has 1 fully saturated rings. The van der Waals surface area contributed by atoms with E-state index < -0.39 is 54.6 Å². The Bertz CT molecular complexity index is 1270. The van der Waals surface area contributed by atoms with E-state index in [1.165, 1.54) is 23.5 Å². The van der Waals surface area contributed by atoms with Crippen molar-refractivity contribution in [2.24, 2.45) is 0 Å². The molecule has 4 N–H and O–H groups in total. The molecule has 0 saturated carbocycles. The number of aliphatic carboxylic acids is 3. The number of pyridine rings is 1. The van der Waals surface area contributed by atoms with Crippen LogP contribution in [-0.2, 0) is 19.1 Å². The van der Waals surface area contributed by atoms with Crippen LogP contribution in [0, 0.1) is 0 Å². The molecule has 0 aromatic carbocycles.